The molecule has 0 atom stereocenters. The average Bonchev–Trinajstić information content (AvgIpc) is 3.05. The van der Waals surface area contributed by atoms with Crippen LogP contribution in [0.25, 0.3) is 10.8 Å². The molecule has 0 saturated heterocycles. The number of aromatic nitrogens is 3. The van der Waals surface area contributed by atoms with E-state index in [1.807, 2.05) is 0 Å². The molecule has 3 rings (SSSR count). The standard InChI is InChI=1S/C14H19N3OS2/c1-8(2)10-11(12-16-17-14(19)18-12)20-13(15-10)9-6-4-3-5-7-9/h8-9H,3-7H2,1-2H3,(H,17,19). The van der Waals surface area contributed by atoms with Gasteiger partial charge in [-0.25, -0.2) is 10.1 Å². The second-order valence-electron chi connectivity index (χ2n) is 5.67. The third kappa shape index (κ3) is 2.72. The first-order valence-corrected chi connectivity index (χ1v) is 8.44. The summed E-state index contributed by atoms with van der Waals surface area (Å²) in [5, 5.41) is 8.10. The molecule has 2 aromatic rings. The number of hydrogen-bond donors (Lipinski definition) is 1. The Morgan fingerprint density at radius 3 is 2.65 bits per heavy atom. The van der Waals surface area contributed by atoms with Crippen molar-refractivity contribution in [1.29, 1.82) is 0 Å². The maximum atomic E-state index is 5.48. The largest absolute Gasteiger partial charge is 0.408 e. The van der Waals surface area contributed by atoms with Gasteiger partial charge in [-0.15, -0.1) is 16.4 Å². The zero-order valence-electron chi connectivity index (χ0n) is 11.8. The highest BCUT2D eigenvalue weighted by molar-refractivity contribution is 7.71. The molecule has 0 radical (unpaired) electrons. The van der Waals surface area contributed by atoms with Crippen molar-refractivity contribution in [3.8, 4) is 10.8 Å². The Labute approximate surface area is 127 Å². The molecule has 108 valence electrons. The Morgan fingerprint density at radius 2 is 2.05 bits per heavy atom. The lowest BCUT2D eigenvalue weighted by atomic mass is 9.90. The van der Waals surface area contributed by atoms with Crippen LogP contribution < -0.4 is 0 Å². The first-order chi connectivity index (χ1) is 9.65. The molecule has 0 amide bonds. The molecule has 1 N–H and O–H groups in total. The van der Waals surface area contributed by atoms with Crippen LogP contribution in [0, 0.1) is 4.84 Å². The van der Waals surface area contributed by atoms with Crippen LogP contribution >= 0.6 is 23.6 Å². The first kappa shape index (κ1) is 13.9. The monoisotopic (exact) mass is 309 g/mol. The summed E-state index contributed by atoms with van der Waals surface area (Å²) in [6, 6.07) is 0. The van der Waals surface area contributed by atoms with E-state index in [0.717, 1.165) is 10.6 Å². The molecule has 20 heavy (non-hydrogen) atoms. The highest BCUT2D eigenvalue weighted by Gasteiger charge is 2.24. The van der Waals surface area contributed by atoms with Gasteiger partial charge in [-0.3, -0.25) is 0 Å². The van der Waals surface area contributed by atoms with E-state index in [1.54, 1.807) is 11.3 Å². The van der Waals surface area contributed by atoms with E-state index < -0.39 is 0 Å². The zero-order chi connectivity index (χ0) is 14.1. The lowest BCUT2D eigenvalue weighted by molar-refractivity contribution is 0.441. The van der Waals surface area contributed by atoms with Crippen LogP contribution in [0.2, 0.25) is 0 Å². The topological polar surface area (TPSA) is 54.7 Å². The number of nitrogens with one attached hydrogen (secondary N) is 1. The molecule has 0 unspecified atom stereocenters. The molecule has 1 aliphatic rings. The van der Waals surface area contributed by atoms with Crippen LogP contribution in [0.3, 0.4) is 0 Å². The van der Waals surface area contributed by atoms with Crippen molar-refractivity contribution < 1.29 is 4.42 Å². The summed E-state index contributed by atoms with van der Waals surface area (Å²) in [7, 11) is 0. The fourth-order valence-corrected chi connectivity index (χ4v) is 4.19. The summed E-state index contributed by atoms with van der Waals surface area (Å²) in [6.07, 6.45) is 6.52. The smallest absolute Gasteiger partial charge is 0.284 e. The molecule has 2 aromatic heterocycles. The predicted molar refractivity (Wildman–Crippen MR) is 82.7 cm³/mol. The summed E-state index contributed by atoms with van der Waals surface area (Å²) in [4.78, 5) is 6.25. The number of thiazole rings is 1. The van der Waals surface area contributed by atoms with E-state index in [1.165, 1.54) is 37.1 Å². The third-order valence-corrected chi connectivity index (χ3v) is 5.20. The molecule has 1 fully saturated rings. The lowest BCUT2D eigenvalue weighted by Gasteiger charge is -2.18. The number of H-pyrrole nitrogens is 1. The Balaban J connectivity index is 1.99. The maximum Gasteiger partial charge on any atom is 0.284 e. The Kier molecular flexibility index (Phi) is 4.03. The number of nitrogens with zero attached hydrogens (tertiary/aromatic N) is 2. The van der Waals surface area contributed by atoms with Gasteiger partial charge in [-0.2, -0.15) is 0 Å². The SMILES string of the molecule is CC(C)c1nc(C2CCCCC2)sc1-c1n[nH]c(=S)o1. The first-order valence-electron chi connectivity index (χ1n) is 7.21. The van der Waals surface area contributed by atoms with Crippen molar-refractivity contribution in [3.63, 3.8) is 0 Å². The normalized spacial score (nSPS) is 16.9. The minimum Gasteiger partial charge on any atom is -0.408 e. The molecule has 0 spiro atoms. The fourth-order valence-electron chi connectivity index (χ4n) is 2.74. The number of hydrogen-bond acceptors (Lipinski definition) is 5. The van der Waals surface area contributed by atoms with Gasteiger partial charge in [-0.05, 0) is 31.0 Å². The van der Waals surface area contributed by atoms with Crippen LogP contribution in [-0.2, 0) is 0 Å². The van der Waals surface area contributed by atoms with Crippen LogP contribution in [0.5, 0.6) is 0 Å². The van der Waals surface area contributed by atoms with E-state index in [0.29, 0.717) is 22.6 Å². The van der Waals surface area contributed by atoms with Crippen molar-refractivity contribution >= 4 is 23.6 Å². The molecule has 4 nitrogen and oxygen atoms in total. The minimum atomic E-state index is 0.322. The second-order valence-corrected chi connectivity index (χ2v) is 7.08. The van der Waals surface area contributed by atoms with Crippen LogP contribution in [0.4, 0.5) is 0 Å². The van der Waals surface area contributed by atoms with Gasteiger partial charge >= 0.3 is 0 Å². The summed E-state index contributed by atoms with van der Waals surface area (Å²) in [5.74, 6) is 1.55. The summed E-state index contributed by atoms with van der Waals surface area (Å²) >= 11 is 6.70. The number of rotatable bonds is 3. The van der Waals surface area contributed by atoms with E-state index in [-0.39, 0.29) is 0 Å². The molecule has 0 bridgehead atoms. The van der Waals surface area contributed by atoms with E-state index in [9.17, 15) is 0 Å². The molecule has 0 aliphatic heterocycles. The predicted octanol–water partition coefficient (Wildman–Crippen LogP) is 5.03. The fraction of sp³-hybridized carbons (Fsp3) is 0.643. The molecule has 6 heteroatoms. The summed E-state index contributed by atoms with van der Waals surface area (Å²) in [6.45, 7) is 4.31. The van der Waals surface area contributed by atoms with Crippen molar-refractivity contribution in [2.45, 2.75) is 57.8 Å². The van der Waals surface area contributed by atoms with Crippen LogP contribution in [-0.4, -0.2) is 15.2 Å². The molecule has 1 aliphatic carbocycles. The summed E-state index contributed by atoms with van der Waals surface area (Å²) < 4.78 is 5.48. The summed E-state index contributed by atoms with van der Waals surface area (Å²) in [5.41, 5.74) is 1.08. The van der Waals surface area contributed by atoms with Gasteiger partial charge in [0.05, 0.1) is 10.7 Å². The van der Waals surface area contributed by atoms with Crippen molar-refractivity contribution in [1.82, 2.24) is 15.2 Å². The highest BCUT2D eigenvalue weighted by Crippen LogP contribution is 2.40. The van der Waals surface area contributed by atoms with Gasteiger partial charge in [0.15, 0.2) is 0 Å². The van der Waals surface area contributed by atoms with Gasteiger partial charge in [0.1, 0.15) is 4.88 Å². The van der Waals surface area contributed by atoms with E-state index in [4.69, 9.17) is 21.6 Å². The van der Waals surface area contributed by atoms with Crippen molar-refractivity contribution in [2.24, 2.45) is 0 Å². The van der Waals surface area contributed by atoms with Crippen LogP contribution in [0.15, 0.2) is 4.42 Å². The van der Waals surface area contributed by atoms with Gasteiger partial charge < -0.3 is 4.42 Å². The quantitative estimate of drug-likeness (QED) is 0.808. The highest BCUT2D eigenvalue weighted by atomic mass is 32.1. The molecule has 0 aromatic carbocycles. The molecular formula is C14H19N3OS2. The van der Waals surface area contributed by atoms with Gasteiger partial charge in [0.2, 0.25) is 0 Å². The average molecular weight is 309 g/mol. The second kappa shape index (κ2) is 5.77. The van der Waals surface area contributed by atoms with Gasteiger partial charge in [0.25, 0.3) is 10.7 Å². The lowest BCUT2D eigenvalue weighted by Crippen LogP contribution is -2.04. The molecular weight excluding hydrogens is 290 g/mol. The Hall–Kier alpha value is -1.01. The maximum absolute atomic E-state index is 5.48. The van der Waals surface area contributed by atoms with Gasteiger partial charge in [-0.1, -0.05) is 33.1 Å². The Bertz CT molecular complexity index is 635. The minimum absolute atomic E-state index is 0.322. The van der Waals surface area contributed by atoms with Crippen molar-refractivity contribution in [3.05, 3.63) is 15.5 Å². The molecule has 1 saturated carbocycles. The van der Waals surface area contributed by atoms with E-state index >= 15 is 0 Å². The zero-order valence-corrected chi connectivity index (χ0v) is 13.4. The Morgan fingerprint density at radius 1 is 1.30 bits per heavy atom. The van der Waals surface area contributed by atoms with Gasteiger partial charge in [0, 0.05) is 5.92 Å². The van der Waals surface area contributed by atoms with E-state index in [2.05, 4.69) is 24.0 Å². The van der Waals surface area contributed by atoms with Crippen molar-refractivity contribution in [2.75, 3.05) is 0 Å². The molecule has 2 heterocycles. The third-order valence-electron chi connectivity index (χ3n) is 3.80. The number of aromatic amines is 1. The van der Waals surface area contributed by atoms with Crippen LogP contribution in [0.1, 0.15) is 68.5 Å².